The number of hydrogen-bond donors (Lipinski definition) is 3. The van der Waals surface area contributed by atoms with Crippen LogP contribution in [0.15, 0.2) is 16.8 Å². The minimum atomic E-state index is -0.199. The molecule has 0 spiro atoms. The van der Waals surface area contributed by atoms with Crippen molar-refractivity contribution in [2.24, 2.45) is 16.5 Å². The van der Waals surface area contributed by atoms with Crippen LogP contribution in [0.25, 0.3) is 0 Å². The highest BCUT2D eigenvalue weighted by atomic mass is 15.0. The van der Waals surface area contributed by atoms with E-state index in [1.165, 1.54) is 0 Å². The smallest absolute Gasteiger partial charge is 0.212 e. The van der Waals surface area contributed by atoms with Crippen molar-refractivity contribution in [3.63, 3.8) is 0 Å². The van der Waals surface area contributed by atoms with E-state index < -0.39 is 0 Å². The number of nitrogens with two attached hydrogens (primary N) is 2. The van der Waals surface area contributed by atoms with Crippen LogP contribution in [0.2, 0.25) is 0 Å². The van der Waals surface area contributed by atoms with Crippen molar-refractivity contribution in [2.75, 3.05) is 0 Å². The zero-order valence-electron chi connectivity index (χ0n) is 6.18. The highest BCUT2D eigenvalue weighted by Gasteiger charge is 1.85. The van der Waals surface area contributed by atoms with Gasteiger partial charge in [-0.2, -0.15) is 0 Å². The first-order valence-corrected chi connectivity index (χ1v) is 2.85. The van der Waals surface area contributed by atoms with Gasteiger partial charge in [-0.3, -0.25) is 5.41 Å². The highest BCUT2D eigenvalue weighted by Crippen LogP contribution is 1.84. The van der Waals surface area contributed by atoms with Gasteiger partial charge in [-0.05, 0) is 19.9 Å². The summed E-state index contributed by atoms with van der Waals surface area (Å²) in [5, 5.41) is 6.79. The molecule has 0 aromatic carbocycles. The lowest BCUT2D eigenvalue weighted by molar-refractivity contribution is 1.31. The minimum absolute atomic E-state index is 0.199. The van der Waals surface area contributed by atoms with E-state index in [2.05, 4.69) is 4.99 Å². The normalized spacial score (nSPS) is 13.4. The lowest BCUT2D eigenvalue weighted by Crippen LogP contribution is -2.08. The van der Waals surface area contributed by atoms with Gasteiger partial charge < -0.3 is 11.5 Å². The first-order chi connectivity index (χ1) is 4.52. The van der Waals surface area contributed by atoms with Gasteiger partial charge in [-0.15, -0.1) is 0 Å². The van der Waals surface area contributed by atoms with Crippen molar-refractivity contribution in [3.05, 3.63) is 11.8 Å². The SMILES string of the molecule is CC(N)=CC(C)=NC(=N)N. The number of hydrogen-bond acceptors (Lipinski definition) is 2. The number of nitrogens with zero attached hydrogens (tertiary/aromatic N) is 1. The Morgan fingerprint density at radius 1 is 1.40 bits per heavy atom. The largest absolute Gasteiger partial charge is 0.402 e. The van der Waals surface area contributed by atoms with Gasteiger partial charge in [-0.25, -0.2) is 4.99 Å². The standard InChI is InChI=1S/C6H12N4/c1-4(7)3-5(2)10-6(8)9/h3H,7H2,1-2H3,(H3,8,9). The van der Waals surface area contributed by atoms with Crippen LogP contribution in [-0.2, 0) is 0 Å². The van der Waals surface area contributed by atoms with Crippen LogP contribution in [-0.4, -0.2) is 11.7 Å². The molecule has 0 rings (SSSR count). The van der Waals surface area contributed by atoms with Crippen LogP contribution < -0.4 is 11.5 Å². The topological polar surface area (TPSA) is 88.2 Å². The summed E-state index contributed by atoms with van der Waals surface area (Å²) in [6.07, 6.45) is 1.65. The molecule has 0 aliphatic rings. The Bertz CT molecular complexity index is 186. The van der Waals surface area contributed by atoms with Crippen molar-refractivity contribution in [2.45, 2.75) is 13.8 Å². The molecule has 0 bridgehead atoms. The van der Waals surface area contributed by atoms with Crippen molar-refractivity contribution in [1.29, 1.82) is 5.41 Å². The van der Waals surface area contributed by atoms with E-state index in [1.54, 1.807) is 19.9 Å². The maximum atomic E-state index is 6.79. The fraction of sp³-hybridized carbons (Fsp3) is 0.333. The van der Waals surface area contributed by atoms with Crippen LogP contribution in [0.4, 0.5) is 0 Å². The van der Waals surface area contributed by atoms with E-state index in [0.29, 0.717) is 11.4 Å². The summed E-state index contributed by atoms with van der Waals surface area (Å²) < 4.78 is 0. The number of aliphatic imine (C=N–C) groups is 1. The molecule has 0 aromatic heterocycles. The molecule has 0 aliphatic heterocycles. The zero-order valence-corrected chi connectivity index (χ0v) is 6.18. The van der Waals surface area contributed by atoms with Gasteiger partial charge in [0.15, 0.2) is 0 Å². The van der Waals surface area contributed by atoms with E-state index in [0.717, 1.165) is 0 Å². The lowest BCUT2D eigenvalue weighted by Gasteiger charge is -1.91. The van der Waals surface area contributed by atoms with Crippen molar-refractivity contribution in [3.8, 4) is 0 Å². The first-order valence-electron chi connectivity index (χ1n) is 2.85. The van der Waals surface area contributed by atoms with E-state index in [4.69, 9.17) is 16.9 Å². The summed E-state index contributed by atoms with van der Waals surface area (Å²) in [7, 11) is 0. The summed E-state index contributed by atoms with van der Waals surface area (Å²) in [6.45, 7) is 3.48. The fourth-order valence-corrected chi connectivity index (χ4v) is 0.552. The molecule has 0 atom stereocenters. The number of nitrogens with one attached hydrogen (secondary N) is 1. The number of rotatable bonds is 1. The summed E-state index contributed by atoms with van der Waals surface area (Å²) in [4.78, 5) is 3.64. The lowest BCUT2D eigenvalue weighted by atomic mass is 10.3. The average molecular weight is 140 g/mol. The number of allylic oxidation sites excluding steroid dienone is 2. The predicted molar refractivity (Wildman–Crippen MR) is 43.0 cm³/mol. The number of guanidine groups is 1. The minimum Gasteiger partial charge on any atom is -0.402 e. The Morgan fingerprint density at radius 2 is 1.90 bits per heavy atom. The Balaban J connectivity index is 4.22. The van der Waals surface area contributed by atoms with Crippen LogP contribution in [0.1, 0.15) is 13.8 Å². The molecule has 0 aliphatic carbocycles. The molecule has 5 N–H and O–H groups in total. The molecule has 56 valence electrons. The Morgan fingerprint density at radius 3 is 2.20 bits per heavy atom. The van der Waals surface area contributed by atoms with Crippen LogP contribution in [0, 0.1) is 5.41 Å². The molecule has 0 fully saturated rings. The molecular weight excluding hydrogens is 128 g/mol. The third-order valence-electron chi connectivity index (χ3n) is 0.733. The summed E-state index contributed by atoms with van der Waals surface area (Å²) in [5.74, 6) is -0.199. The van der Waals surface area contributed by atoms with E-state index >= 15 is 0 Å². The maximum absolute atomic E-state index is 6.79. The Labute approximate surface area is 60.1 Å². The molecule has 10 heavy (non-hydrogen) atoms. The third kappa shape index (κ3) is 4.83. The van der Waals surface area contributed by atoms with E-state index in [1.807, 2.05) is 0 Å². The van der Waals surface area contributed by atoms with Crippen molar-refractivity contribution >= 4 is 11.7 Å². The quantitative estimate of drug-likeness (QED) is 0.359. The second kappa shape index (κ2) is 3.66. The van der Waals surface area contributed by atoms with Gasteiger partial charge in [0.2, 0.25) is 5.96 Å². The van der Waals surface area contributed by atoms with Crippen molar-refractivity contribution in [1.82, 2.24) is 0 Å². The van der Waals surface area contributed by atoms with Crippen molar-refractivity contribution < 1.29 is 0 Å². The highest BCUT2D eigenvalue weighted by molar-refractivity contribution is 6.00. The van der Waals surface area contributed by atoms with Gasteiger partial charge in [0.1, 0.15) is 0 Å². The third-order valence-corrected chi connectivity index (χ3v) is 0.733. The summed E-state index contributed by atoms with van der Waals surface area (Å²) in [6, 6.07) is 0. The summed E-state index contributed by atoms with van der Waals surface area (Å²) in [5.41, 5.74) is 11.6. The van der Waals surface area contributed by atoms with Gasteiger partial charge in [-0.1, -0.05) is 0 Å². The second-order valence-electron chi connectivity index (χ2n) is 2.03. The first kappa shape index (κ1) is 8.68. The molecule has 4 heteroatoms. The van der Waals surface area contributed by atoms with E-state index in [9.17, 15) is 0 Å². The molecule has 0 aromatic rings. The van der Waals surface area contributed by atoms with Gasteiger partial charge in [0.25, 0.3) is 0 Å². The second-order valence-corrected chi connectivity index (χ2v) is 2.03. The molecule has 4 nitrogen and oxygen atoms in total. The zero-order chi connectivity index (χ0) is 8.15. The fourth-order valence-electron chi connectivity index (χ4n) is 0.552. The molecule has 0 unspecified atom stereocenters. The van der Waals surface area contributed by atoms with Gasteiger partial charge >= 0.3 is 0 Å². The molecule has 0 heterocycles. The molecule has 0 saturated carbocycles. The van der Waals surface area contributed by atoms with Crippen LogP contribution in [0.3, 0.4) is 0 Å². The molecule has 0 amide bonds. The van der Waals surface area contributed by atoms with Crippen LogP contribution in [0.5, 0.6) is 0 Å². The Hall–Kier alpha value is -1.32. The van der Waals surface area contributed by atoms with E-state index in [-0.39, 0.29) is 5.96 Å². The van der Waals surface area contributed by atoms with Gasteiger partial charge in [0, 0.05) is 11.4 Å². The monoisotopic (exact) mass is 140 g/mol. The Kier molecular flexibility index (Phi) is 3.17. The summed E-state index contributed by atoms with van der Waals surface area (Å²) >= 11 is 0. The maximum Gasteiger partial charge on any atom is 0.212 e. The van der Waals surface area contributed by atoms with Gasteiger partial charge in [0.05, 0.1) is 0 Å². The van der Waals surface area contributed by atoms with Crippen LogP contribution >= 0.6 is 0 Å². The average Bonchev–Trinajstić information content (AvgIpc) is 1.58. The molecular formula is C6H12N4. The molecule has 0 saturated heterocycles. The predicted octanol–water partition coefficient (Wildman–Crippen LogP) is 0.203. The molecule has 0 radical (unpaired) electrons.